The lowest BCUT2D eigenvalue weighted by Crippen LogP contribution is -2.37. The Balaban J connectivity index is 2.60. The summed E-state index contributed by atoms with van der Waals surface area (Å²) >= 11 is 7.31. The highest BCUT2D eigenvalue weighted by molar-refractivity contribution is 7.98. The third kappa shape index (κ3) is 4.93. The largest absolute Gasteiger partial charge is 0.396 e. The summed E-state index contributed by atoms with van der Waals surface area (Å²) in [5, 5.41) is 12.2. The number of nitrogens with zero attached hydrogens (tertiary/aromatic N) is 1. The first-order chi connectivity index (χ1) is 8.17. The van der Waals surface area contributed by atoms with Crippen molar-refractivity contribution < 1.29 is 9.90 Å². The molecule has 0 aromatic carbocycles. The van der Waals surface area contributed by atoms with Gasteiger partial charge >= 0.3 is 0 Å². The van der Waals surface area contributed by atoms with Crippen molar-refractivity contribution in [2.24, 2.45) is 0 Å². The van der Waals surface area contributed by atoms with Gasteiger partial charge in [-0.15, -0.1) is 0 Å². The van der Waals surface area contributed by atoms with Crippen LogP contribution < -0.4 is 5.32 Å². The van der Waals surface area contributed by atoms with Crippen LogP contribution in [-0.2, 0) is 0 Å². The molecule has 2 N–H and O–H groups in total. The molecule has 0 aliphatic heterocycles. The van der Waals surface area contributed by atoms with Gasteiger partial charge < -0.3 is 10.4 Å². The predicted octanol–water partition coefficient (Wildman–Crippen LogP) is 1.58. The molecular formula is C11H15ClN2O2S. The van der Waals surface area contributed by atoms with E-state index in [1.54, 1.807) is 23.9 Å². The summed E-state index contributed by atoms with van der Waals surface area (Å²) in [5.41, 5.74) is 0.332. The molecule has 0 radical (unpaired) electrons. The molecule has 0 spiro atoms. The lowest BCUT2D eigenvalue weighted by atomic mass is 10.2. The number of nitrogens with one attached hydrogen (secondary N) is 1. The minimum Gasteiger partial charge on any atom is -0.396 e. The molecule has 1 aromatic rings. The Hall–Kier alpha value is -0.780. The fourth-order valence-electron chi connectivity index (χ4n) is 1.32. The molecule has 17 heavy (non-hydrogen) atoms. The number of carbonyl (C=O) groups is 1. The van der Waals surface area contributed by atoms with E-state index in [1.165, 1.54) is 6.20 Å². The Morgan fingerprint density at radius 1 is 1.65 bits per heavy atom. The van der Waals surface area contributed by atoms with E-state index in [4.69, 9.17) is 16.7 Å². The van der Waals surface area contributed by atoms with E-state index in [0.717, 1.165) is 5.75 Å². The van der Waals surface area contributed by atoms with Crippen molar-refractivity contribution >= 4 is 29.3 Å². The van der Waals surface area contributed by atoms with Crippen LogP contribution >= 0.6 is 23.4 Å². The fourth-order valence-corrected chi connectivity index (χ4v) is 2.09. The van der Waals surface area contributed by atoms with Crippen LogP contribution in [0.5, 0.6) is 0 Å². The molecule has 0 unspecified atom stereocenters. The van der Waals surface area contributed by atoms with Crippen molar-refractivity contribution in [3.05, 3.63) is 29.0 Å². The molecule has 0 aliphatic rings. The van der Waals surface area contributed by atoms with Gasteiger partial charge in [0.2, 0.25) is 0 Å². The second-order valence-electron chi connectivity index (χ2n) is 3.50. The second kappa shape index (κ2) is 7.53. The molecule has 0 bridgehead atoms. The molecule has 4 nitrogen and oxygen atoms in total. The molecule has 0 saturated heterocycles. The van der Waals surface area contributed by atoms with Crippen molar-refractivity contribution in [2.45, 2.75) is 12.5 Å². The highest BCUT2D eigenvalue weighted by Gasteiger charge is 2.13. The van der Waals surface area contributed by atoms with E-state index in [9.17, 15) is 4.79 Å². The van der Waals surface area contributed by atoms with Gasteiger partial charge in [-0.2, -0.15) is 11.8 Å². The van der Waals surface area contributed by atoms with Crippen LogP contribution in [0.2, 0.25) is 5.02 Å². The van der Waals surface area contributed by atoms with Gasteiger partial charge in [0, 0.05) is 24.6 Å². The van der Waals surface area contributed by atoms with Crippen LogP contribution in [0.25, 0.3) is 0 Å². The maximum Gasteiger partial charge on any atom is 0.270 e. The predicted molar refractivity (Wildman–Crippen MR) is 70.6 cm³/mol. The SMILES string of the molecule is CSC[C@@H](CCO)NC(=O)c1ccc(Cl)cn1. The molecule has 1 heterocycles. The quantitative estimate of drug-likeness (QED) is 0.827. The summed E-state index contributed by atoms with van der Waals surface area (Å²) in [6, 6.07) is 3.16. The minimum absolute atomic E-state index is 0.0417. The Morgan fingerprint density at radius 2 is 2.41 bits per heavy atom. The Morgan fingerprint density at radius 3 is 2.94 bits per heavy atom. The van der Waals surface area contributed by atoms with Gasteiger partial charge in [-0.3, -0.25) is 4.79 Å². The van der Waals surface area contributed by atoms with E-state index in [0.29, 0.717) is 17.1 Å². The monoisotopic (exact) mass is 274 g/mol. The summed E-state index contributed by atoms with van der Waals surface area (Å²) < 4.78 is 0. The van der Waals surface area contributed by atoms with E-state index in [1.807, 2.05) is 6.26 Å². The van der Waals surface area contributed by atoms with Gasteiger partial charge in [0.15, 0.2) is 0 Å². The van der Waals surface area contributed by atoms with Gasteiger partial charge in [0.05, 0.1) is 5.02 Å². The summed E-state index contributed by atoms with van der Waals surface area (Å²) in [6.07, 6.45) is 3.93. The van der Waals surface area contributed by atoms with Crippen molar-refractivity contribution in [3.63, 3.8) is 0 Å². The third-order valence-corrected chi connectivity index (χ3v) is 3.10. The van der Waals surface area contributed by atoms with Crippen molar-refractivity contribution in [1.82, 2.24) is 10.3 Å². The molecule has 0 saturated carbocycles. The Bertz CT molecular complexity index is 353. The molecule has 6 heteroatoms. The molecule has 0 fully saturated rings. The normalized spacial score (nSPS) is 12.2. The topological polar surface area (TPSA) is 62.2 Å². The maximum absolute atomic E-state index is 11.8. The molecule has 1 aromatic heterocycles. The van der Waals surface area contributed by atoms with Crippen LogP contribution in [0.15, 0.2) is 18.3 Å². The van der Waals surface area contributed by atoms with Gasteiger partial charge in [-0.25, -0.2) is 4.98 Å². The number of amides is 1. The average molecular weight is 275 g/mol. The van der Waals surface area contributed by atoms with Crippen molar-refractivity contribution in [1.29, 1.82) is 0 Å². The number of pyridine rings is 1. The lowest BCUT2D eigenvalue weighted by Gasteiger charge is -2.16. The highest BCUT2D eigenvalue weighted by Crippen LogP contribution is 2.07. The van der Waals surface area contributed by atoms with Crippen LogP contribution in [0.4, 0.5) is 0 Å². The summed E-state index contributed by atoms with van der Waals surface area (Å²) in [5.74, 6) is 0.522. The van der Waals surface area contributed by atoms with E-state index >= 15 is 0 Å². The van der Waals surface area contributed by atoms with Crippen molar-refractivity contribution in [2.75, 3.05) is 18.6 Å². The molecule has 94 valence electrons. The van der Waals surface area contributed by atoms with Crippen LogP contribution in [0, 0.1) is 0 Å². The van der Waals surface area contributed by atoms with Gasteiger partial charge in [-0.05, 0) is 24.8 Å². The number of aliphatic hydroxyl groups excluding tert-OH is 1. The third-order valence-electron chi connectivity index (χ3n) is 2.14. The van der Waals surface area contributed by atoms with Crippen LogP contribution in [0.3, 0.4) is 0 Å². The minimum atomic E-state index is -0.242. The second-order valence-corrected chi connectivity index (χ2v) is 4.85. The number of aliphatic hydroxyl groups is 1. The number of aromatic nitrogens is 1. The van der Waals surface area contributed by atoms with Gasteiger partial charge in [0.25, 0.3) is 5.91 Å². The first-order valence-electron chi connectivity index (χ1n) is 5.19. The first-order valence-corrected chi connectivity index (χ1v) is 6.96. The van der Waals surface area contributed by atoms with Crippen molar-refractivity contribution in [3.8, 4) is 0 Å². The van der Waals surface area contributed by atoms with Crippen LogP contribution in [0.1, 0.15) is 16.9 Å². The highest BCUT2D eigenvalue weighted by atomic mass is 35.5. The van der Waals surface area contributed by atoms with Gasteiger partial charge in [-0.1, -0.05) is 11.6 Å². The summed E-state index contributed by atoms with van der Waals surface area (Å²) in [7, 11) is 0. The van der Waals surface area contributed by atoms with E-state index in [-0.39, 0.29) is 18.6 Å². The molecule has 0 aliphatic carbocycles. The lowest BCUT2D eigenvalue weighted by molar-refractivity contribution is 0.0930. The zero-order valence-electron chi connectivity index (χ0n) is 9.52. The zero-order valence-corrected chi connectivity index (χ0v) is 11.1. The average Bonchev–Trinajstić information content (AvgIpc) is 2.30. The summed E-state index contributed by atoms with van der Waals surface area (Å²) in [6.45, 7) is 0.0551. The standard InChI is InChI=1S/C11H15ClN2O2S/c1-17-7-9(4-5-15)14-11(16)10-3-2-8(12)6-13-10/h2-3,6,9,15H,4-5,7H2,1H3,(H,14,16)/t9-/m1/s1. The van der Waals surface area contributed by atoms with Gasteiger partial charge in [0.1, 0.15) is 5.69 Å². The number of rotatable bonds is 6. The molecule has 1 amide bonds. The van der Waals surface area contributed by atoms with Crippen LogP contribution in [-0.4, -0.2) is 40.7 Å². The van der Waals surface area contributed by atoms with E-state index < -0.39 is 0 Å². The van der Waals surface area contributed by atoms with E-state index in [2.05, 4.69) is 10.3 Å². The number of halogens is 1. The smallest absolute Gasteiger partial charge is 0.270 e. The Labute approximate surface area is 110 Å². The molecule has 1 atom stereocenters. The Kier molecular flexibility index (Phi) is 6.32. The number of hydrogen-bond donors (Lipinski definition) is 2. The fraction of sp³-hybridized carbons (Fsp3) is 0.455. The summed E-state index contributed by atoms with van der Waals surface area (Å²) in [4.78, 5) is 15.7. The first kappa shape index (κ1) is 14.3. The number of thioether (sulfide) groups is 1. The maximum atomic E-state index is 11.8. The zero-order chi connectivity index (χ0) is 12.7. The number of carbonyl (C=O) groups excluding carboxylic acids is 1. The molecular weight excluding hydrogens is 260 g/mol. The molecule has 1 rings (SSSR count). The number of hydrogen-bond acceptors (Lipinski definition) is 4.